The molecule has 3 rings (SSSR count). The normalized spacial score (nSPS) is 16.2. The number of piperazine rings is 1. The van der Waals surface area contributed by atoms with Crippen LogP contribution in [0.2, 0.25) is 5.02 Å². The number of sulfonamides is 1. The predicted octanol–water partition coefficient (Wildman–Crippen LogP) is 2.68. The predicted molar refractivity (Wildman–Crippen MR) is 106 cm³/mol. The molecule has 0 atom stereocenters. The van der Waals surface area contributed by atoms with Gasteiger partial charge in [-0.05, 0) is 30.3 Å². The largest absolute Gasteiger partial charge is 0.326 e. The van der Waals surface area contributed by atoms with Crippen molar-refractivity contribution in [1.29, 1.82) is 0 Å². The zero-order valence-corrected chi connectivity index (χ0v) is 16.4. The fraction of sp³-hybridized carbons (Fsp3) is 0.316. The Bertz CT molecular complexity index is 882. The van der Waals surface area contributed by atoms with E-state index in [1.165, 1.54) is 4.31 Å². The van der Waals surface area contributed by atoms with Crippen LogP contribution >= 0.6 is 11.6 Å². The number of benzene rings is 2. The van der Waals surface area contributed by atoms with E-state index in [0.717, 1.165) is 0 Å². The van der Waals surface area contributed by atoms with Crippen LogP contribution in [-0.4, -0.2) is 56.3 Å². The minimum Gasteiger partial charge on any atom is -0.326 e. The van der Waals surface area contributed by atoms with Crippen LogP contribution in [0.3, 0.4) is 0 Å². The highest BCUT2D eigenvalue weighted by Gasteiger charge is 2.28. The van der Waals surface area contributed by atoms with Crippen molar-refractivity contribution < 1.29 is 13.2 Å². The average Bonchev–Trinajstić information content (AvgIpc) is 2.67. The first-order valence-corrected chi connectivity index (χ1v) is 10.6. The molecule has 1 amide bonds. The number of nitrogens with zero attached hydrogens (tertiary/aromatic N) is 2. The lowest BCUT2D eigenvalue weighted by Crippen LogP contribution is -2.49. The van der Waals surface area contributed by atoms with Crippen LogP contribution in [0, 0.1) is 0 Å². The van der Waals surface area contributed by atoms with Gasteiger partial charge in [0.2, 0.25) is 15.9 Å². The Morgan fingerprint density at radius 2 is 1.70 bits per heavy atom. The maximum Gasteiger partial charge on any atom is 0.243 e. The molecule has 1 saturated heterocycles. The van der Waals surface area contributed by atoms with Gasteiger partial charge < -0.3 is 10.2 Å². The smallest absolute Gasteiger partial charge is 0.243 e. The van der Waals surface area contributed by atoms with Gasteiger partial charge in [0.25, 0.3) is 0 Å². The van der Waals surface area contributed by atoms with E-state index in [-0.39, 0.29) is 5.91 Å². The van der Waals surface area contributed by atoms with E-state index in [1.807, 2.05) is 0 Å². The summed E-state index contributed by atoms with van der Waals surface area (Å²) in [6, 6.07) is 15.5. The van der Waals surface area contributed by atoms with Crippen molar-refractivity contribution in [3.05, 3.63) is 59.6 Å². The SMILES string of the molecule is O=C(CCN1CCN(S(=O)(=O)c2ccccc2)CC1)Nc1cccc(Cl)c1. The van der Waals surface area contributed by atoms with Crippen LogP contribution in [0.4, 0.5) is 5.69 Å². The second-order valence-electron chi connectivity index (χ2n) is 6.37. The van der Waals surface area contributed by atoms with Crippen LogP contribution in [0.1, 0.15) is 6.42 Å². The van der Waals surface area contributed by atoms with Gasteiger partial charge in [0.1, 0.15) is 0 Å². The Morgan fingerprint density at radius 1 is 1.00 bits per heavy atom. The first-order valence-electron chi connectivity index (χ1n) is 8.78. The highest BCUT2D eigenvalue weighted by Crippen LogP contribution is 2.18. The summed E-state index contributed by atoms with van der Waals surface area (Å²) < 4.78 is 26.8. The van der Waals surface area contributed by atoms with E-state index >= 15 is 0 Å². The van der Waals surface area contributed by atoms with E-state index in [0.29, 0.717) is 54.8 Å². The molecule has 0 aromatic heterocycles. The lowest BCUT2D eigenvalue weighted by atomic mass is 10.3. The van der Waals surface area contributed by atoms with Crippen LogP contribution in [0.15, 0.2) is 59.5 Å². The summed E-state index contributed by atoms with van der Waals surface area (Å²) in [7, 11) is -3.45. The number of halogens is 1. The van der Waals surface area contributed by atoms with Gasteiger partial charge in [-0.15, -0.1) is 0 Å². The molecule has 0 spiro atoms. The summed E-state index contributed by atoms with van der Waals surface area (Å²) in [4.78, 5) is 14.5. The summed E-state index contributed by atoms with van der Waals surface area (Å²) in [5, 5.41) is 3.39. The fourth-order valence-corrected chi connectivity index (χ4v) is 4.62. The number of nitrogens with one attached hydrogen (secondary N) is 1. The monoisotopic (exact) mass is 407 g/mol. The molecule has 0 aliphatic carbocycles. The summed E-state index contributed by atoms with van der Waals surface area (Å²) in [5.74, 6) is -0.0865. The molecule has 0 saturated carbocycles. The number of hydrogen-bond donors (Lipinski definition) is 1. The van der Waals surface area contributed by atoms with Crippen LogP contribution in [0.5, 0.6) is 0 Å². The second kappa shape index (κ2) is 8.84. The molecule has 0 bridgehead atoms. The van der Waals surface area contributed by atoms with Crippen LogP contribution in [-0.2, 0) is 14.8 Å². The van der Waals surface area contributed by atoms with Crippen molar-refractivity contribution in [2.24, 2.45) is 0 Å². The Morgan fingerprint density at radius 3 is 2.37 bits per heavy atom. The molecule has 27 heavy (non-hydrogen) atoms. The zero-order valence-electron chi connectivity index (χ0n) is 14.8. The summed E-state index contributed by atoms with van der Waals surface area (Å²) >= 11 is 5.91. The molecule has 1 N–H and O–H groups in total. The van der Waals surface area contributed by atoms with E-state index < -0.39 is 10.0 Å². The van der Waals surface area contributed by atoms with Gasteiger partial charge in [0, 0.05) is 49.9 Å². The van der Waals surface area contributed by atoms with Crippen molar-refractivity contribution in [3.8, 4) is 0 Å². The van der Waals surface area contributed by atoms with Crippen LogP contribution in [0.25, 0.3) is 0 Å². The van der Waals surface area contributed by atoms with Gasteiger partial charge in [0.15, 0.2) is 0 Å². The van der Waals surface area contributed by atoms with Crippen molar-refractivity contribution in [1.82, 2.24) is 9.21 Å². The van der Waals surface area contributed by atoms with E-state index in [1.54, 1.807) is 54.6 Å². The number of amides is 1. The summed E-state index contributed by atoms with van der Waals surface area (Å²) in [6.45, 7) is 2.65. The quantitative estimate of drug-likeness (QED) is 0.799. The Hall–Kier alpha value is -1.93. The molecule has 2 aromatic carbocycles. The second-order valence-corrected chi connectivity index (χ2v) is 8.74. The number of rotatable bonds is 6. The molecule has 1 heterocycles. The summed E-state index contributed by atoms with van der Waals surface area (Å²) in [5.41, 5.74) is 0.672. The molecule has 2 aromatic rings. The van der Waals surface area contributed by atoms with E-state index in [2.05, 4.69) is 10.2 Å². The van der Waals surface area contributed by atoms with Gasteiger partial charge in [-0.25, -0.2) is 8.42 Å². The molecule has 0 radical (unpaired) electrons. The fourth-order valence-electron chi connectivity index (χ4n) is 2.98. The third kappa shape index (κ3) is 5.29. The van der Waals surface area contributed by atoms with Gasteiger partial charge in [0.05, 0.1) is 4.90 Å². The third-order valence-corrected chi connectivity index (χ3v) is 6.62. The molecule has 1 fully saturated rings. The molecule has 1 aliphatic rings. The molecule has 144 valence electrons. The molecular formula is C19H22ClN3O3S. The minimum absolute atomic E-state index is 0.0865. The maximum atomic E-state index is 12.6. The third-order valence-electron chi connectivity index (χ3n) is 4.48. The standard InChI is InChI=1S/C19H22ClN3O3S/c20-16-5-4-6-17(15-16)21-19(24)9-10-22-11-13-23(14-12-22)27(25,26)18-7-2-1-3-8-18/h1-8,15H,9-14H2,(H,21,24). The Labute approximate surface area is 164 Å². The lowest BCUT2D eigenvalue weighted by Gasteiger charge is -2.33. The lowest BCUT2D eigenvalue weighted by molar-refractivity contribution is -0.116. The molecule has 8 heteroatoms. The first kappa shape index (κ1) is 19.8. The Balaban J connectivity index is 1.46. The zero-order chi connectivity index (χ0) is 19.3. The Kier molecular flexibility index (Phi) is 6.49. The number of hydrogen-bond acceptors (Lipinski definition) is 4. The number of carbonyl (C=O) groups excluding carboxylic acids is 1. The first-order chi connectivity index (χ1) is 12.9. The molecule has 1 aliphatic heterocycles. The van der Waals surface area contributed by atoms with Gasteiger partial charge >= 0.3 is 0 Å². The number of carbonyl (C=O) groups is 1. The minimum atomic E-state index is -3.45. The number of anilines is 1. The van der Waals surface area contributed by atoms with Crippen molar-refractivity contribution in [3.63, 3.8) is 0 Å². The van der Waals surface area contributed by atoms with Crippen molar-refractivity contribution >= 4 is 33.2 Å². The highest BCUT2D eigenvalue weighted by atomic mass is 35.5. The van der Waals surface area contributed by atoms with Gasteiger partial charge in [-0.2, -0.15) is 4.31 Å². The van der Waals surface area contributed by atoms with E-state index in [9.17, 15) is 13.2 Å². The maximum absolute atomic E-state index is 12.6. The molecular weight excluding hydrogens is 386 g/mol. The average molecular weight is 408 g/mol. The van der Waals surface area contributed by atoms with Crippen molar-refractivity contribution in [2.75, 3.05) is 38.0 Å². The molecule has 6 nitrogen and oxygen atoms in total. The van der Waals surface area contributed by atoms with Gasteiger partial charge in [-0.1, -0.05) is 35.9 Å². The van der Waals surface area contributed by atoms with Gasteiger partial charge in [-0.3, -0.25) is 4.79 Å². The highest BCUT2D eigenvalue weighted by molar-refractivity contribution is 7.89. The van der Waals surface area contributed by atoms with Crippen molar-refractivity contribution in [2.45, 2.75) is 11.3 Å². The summed E-state index contributed by atoms with van der Waals surface area (Å²) in [6.07, 6.45) is 0.345. The van der Waals surface area contributed by atoms with Crippen LogP contribution < -0.4 is 5.32 Å². The molecule has 0 unspecified atom stereocenters. The van der Waals surface area contributed by atoms with E-state index in [4.69, 9.17) is 11.6 Å². The topological polar surface area (TPSA) is 69.7 Å².